The van der Waals surface area contributed by atoms with Crippen molar-refractivity contribution < 1.29 is 36.3 Å². The van der Waals surface area contributed by atoms with Crippen molar-refractivity contribution in [3.8, 4) is 0 Å². The van der Waals surface area contributed by atoms with E-state index in [0.29, 0.717) is 26.4 Å². The van der Waals surface area contributed by atoms with Crippen LogP contribution in [-0.2, 0) is 36.3 Å². The molecule has 6 heteroatoms. The molecule has 0 spiro atoms. The fourth-order valence-electron chi connectivity index (χ4n) is 0.957. The van der Waals surface area contributed by atoms with Crippen LogP contribution in [0.25, 0.3) is 0 Å². The quantitative estimate of drug-likeness (QED) is 0.620. The van der Waals surface area contributed by atoms with Crippen molar-refractivity contribution in [2.45, 2.75) is 27.7 Å². The van der Waals surface area contributed by atoms with Gasteiger partial charge in [-0.15, -0.1) is 0 Å². The van der Waals surface area contributed by atoms with Crippen LogP contribution < -0.4 is 0 Å². The smallest absolute Gasteiger partial charge is 0.351 e. The third-order valence-corrected chi connectivity index (χ3v) is 3.85. The minimum atomic E-state index is -2.80. The number of rotatable bonds is 8. The van der Waals surface area contributed by atoms with Gasteiger partial charge in [-0.1, -0.05) is 0 Å². The Balaban J connectivity index is 0. The Bertz CT molecular complexity index is 96.4. The van der Waals surface area contributed by atoms with Crippen molar-refractivity contribution in [3.05, 3.63) is 0 Å². The molecular weight excluding hydrogens is 239 g/mol. The van der Waals surface area contributed by atoms with Gasteiger partial charge in [0.2, 0.25) is 0 Å². The van der Waals surface area contributed by atoms with E-state index in [0.717, 1.165) is 0 Å². The predicted molar refractivity (Wildman–Crippen MR) is 52.3 cm³/mol. The molecule has 0 saturated heterocycles. The summed E-state index contributed by atoms with van der Waals surface area (Å²) in [6.07, 6.45) is 0. The van der Waals surface area contributed by atoms with Gasteiger partial charge in [-0.05, 0) is 27.7 Å². The van der Waals surface area contributed by atoms with Crippen LogP contribution in [-0.4, -0.2) is 35.5 Å². The molecule has 0 amide bonds. The van der Waals surface area contributed by atoms with Crippen molar-refractivity contribution in [1.82, 2.24) is 0 Å². The van der Waals surface area contributed by atoms with Gasteiger partial charge in [0.15, 0.2) is 0 Å². The van der Waals surface area contributed by atoms with E-state index in [2.05, 4.69) is 0 Å². The van der Waals surface area contributed by atoms with E-state index in [1.807, 2.05) is 27.7 Å². The Labute approximate surface area is 99.6 Å². The monoisotopic (exact) mass is 259 g/mol. The Morgan fingerprint density at radius 2 is 0.857 bits per heavy atom. The first-order valence-electron chi connectivity index (χ1n) is 4.80. The molecule has 0 aromatic rings. The molecule has 0 atom stereocenters. The van der Waals surface area contributed by atoms with E-state index in [9.17, 15) is 0 Å². The van der Waals surface area contributed by atoms with Crippen molar-refractivity contribution in [1.29, 1.82) is 0 Å². The molecule has 0 saturated carbocycles. The summed E-state index contributed by atoms with van der Waals surface area (Å²) < 4.78 is 21.7. The van der Waals surface area contributed by atoms with Crippen molar-refractivity contribution in [3.63, 3.8) is 0 Å². The molecule has 0 aromatic heterocycles. The average Bonchev–Trinajstić information content (AvgIpc) is 2.06. The van der Waals surface area contributed by atoms with Gasteiger partial charge < -0.3 is 17.7 Å². The SMILES string of the molecule is CCO[Si](OCC)(OCC)OCC.[V]. The minimum Gasteiger partial charge on any atom is -0.351 e. The Hall–Kier alpha value is 0.641. The third kappa shape index (κ3) is 6.19. The zero-order valence-electron chi connectivity index (χ0n) is 9.41. The van der Waals surface area contributed by atoms with Crippen LogP contribution in [0.3, 0.4) is 0 Å². The minimum absolute atomic E-state index is 0. The molecule has 0 heterocycles. The van der Waals surface area contributed by atoms with E-state index in [1.165, 1.54) is 0 Å². The summed E-state index contributed by atoms with van der Waals surface area (Å²) in [5.41, 5.74) is 0. The normalized spacial score (nSPS) is 11.1. The summed E-state index contributed by atoms with van der Waals surface area (Å²) >= 11 is 0. The van der Waals surface area contributed by atoms with Gasteiger partial charge in [0.25, 0.3) is 0 Å². The first-order valence-corrected chi connectivity index (χ1v) is 6.43. The molecule has 0 N–H and O–H groups in total. The second-order valence-electron chi connectivity index (χ2n) is 2.23. The standard InChI is InChI=1S/C8H20O4Si.V/c1-5-9-13(10-6-2,11-7-3)12-8-4;/h5-8H2,1-4H3;. The van der Waals surface area contributed by atoms with E-state index in [-0.39, 0.29) is 18.6 Å². The van der Waals surface area contributed by atoms with Crippen molar-refractivity contribution >= 4 is 9.05 Å². The van der Waals surface area contributed by atoms with Gasteiger partial charge in [-0.2, -0.15) is 0 Å². The fraction of sp³-hybridized carbons (Fsp3) is 1.00. The average molecular weight is 259 g/mol. The zero-order chi connectivity index (χ0) is 10.2. The predicted octanol–water partition coefficient (Wildman–Crippen LogP) is 1.57. The molecule has 0 aliphatic carbocycles. The zero-order valence-corrected chi connectivity index (χ0v) is 11.8. The maximum absolute atomic E-state index is 5.42. The van der Waals surface area contributed by atoms with E-state index >= 15 is 0 Å². The summed E-state index contributed by atoms with van der Waals surface area (Å²) in [7, 11) is -2.80. The van der Waals surface area contributed by atoms with Gasteiger partial charge in [0.1, 0.15) is 0 Å². The van der Waals surface area contributed by atoms with Crippen LogP contribution in [0.15, 0.2) is 0 Å². The van der Waals surface area contributed by atoms with Gasteiger partial charge in [0.05, 0.1) is 0 Å². The van der Waals surface area contributed by atoms with Crippen LogP contribution in [0.4, 0.5) is 0 Å². The maximum Gasteiger partial charge on any atom is 0.679 e. The first kappa shape index (κ1) is 17.0. The van der Waals surface area contributed by atoms with Crippen molar-refractivity contribution in [2.75, 3.05) is 26.4 Å². The van der Waals surface area contributed by atoms with Gasteiger partial charge >= 0.3 is 9.05 Å². The summed E-state index contributed by atoms with van der Waals surface area (Å²) in [6, 6.07) is 0. The number of hydrogen-bond donors (Lipinski definition) is 0. The second kappa shape index (κ2) is 10.2. The third-order valence-electron chi connectivity index (χ3n) is 1.28. The molecule has 0 bridgehead atoms. The molecule has 85 valence electrons. The molecular formula is C8H20O4SiV. The van der Waals surface area contributed by atoms with Crippen LogP contribution in [0, 0.1) is 0 Å². The molecule has 4 nitrogen and oxygen atoms in total. The fourth-order valence-corrected chi connectivity index (χ4v) is 2.87. The molecule has 0 rings (SSSR count). The Morgan fingerprint density at radius 1 is 0.643 bits per heavy atom. The van der Waals surface area contributed by atoms with Crippen LogP contribution in [0.2, 0.25) is 0 Å². The topological polar surface area (TPSA) is 36.9 Å². The summed E-state index contributed by atoms with van der Waals surface area (Å²) in [6.45, 7) is 9.80. The van der Waals surface area contributed by atoms with Crippen LogP contribution in [0.1, 0.15) is 27.7 Å². The molecule has 1 radical (unpaired) electrons. The van der Waals surface area contributed by atoms with E-state index in [1.54, 1.807) is 0 Å². The molecule has 0 aliphatic heterocycles. The summed E-state index contributed by atoms with van der Waals surface area (Å²) in [4.78, 5) is 0. The molecule has 14 heavy (non-hydrogen) atoms. The van der Waals surface area contributed by atoms with Crippen molar-refractivity contribution in [2.24, 2.45) is 0 Å². The van der Waals surface area contributed by atoms with Crippen LogP contribution in [0.5, 0.6) is 0 Å². The molecule has 0 aromatic carbocycles. The van der Waals surface area contributed by atoms with E-state index < -0.39 is 9.05 Å². The maximum atomic E-state index is 5.42. The number of hydrogen-bond acceptors (Lipinski definition) is 4. The van der Waals surface area contributed by atoms with E-state index in [4.69, 9.17) is 17.7 Å². The molecule has 0 unspecified atom stereocenters. The first-order chi connectivity index (χ1) is 6.24. The second-order valence-corrected chi connectivity index (χ2v) is 4.39. The van der Waals surface area contributed by atoms with Gasteiger partial charge in [-0.25, -0.2) is 0 Å². The summed E-state index contributed by atoms with van der Waals surface area (Å²) in [5.74, 6) is 0. The summed E-state index contributed by atoms with van der Waals surface area (Å²) in [5, 5.41) is 0. The molecule has 0 aliphatic rings. The van der Waals surface area contributed by atoms with Crippen LogP contribution >= 0.6 is 0 Å². The molecule has 0 fully saturated rings. The largest absolute Gasteiger partial charge is 0.679 e. The van der Waals surface area contributed by atoms with Gasteiger partial charge in [-0.3, -0.25) is 0 Å². The Morgan fingerprint density at radius 3 is 1.00 bits per heavy atom. The Kier molecular flexibility index (Phi) is 12.4. The van der Waals surface area contributed by atoms with Gasteiger partial charge in [0, 0.05) is 45.0 Å².